The lowest BCUT2D eigenvalue weighted by Gasteiger charge is -2.03. The van der Waals surface area contributed by atoms with Crippen LogP contribution in [0.3, 0.4) is 0 Å². The summed E-state index contributed by atoms with van der Waals surface area (Å²) in [6.07, 6.45) is 1.60. The zero-order valence-corrected chi connectivity index (χ0v) is 12.8. The number of thioether (sulfide) groups is 1. The van der Waals surface area contributed by atoms with E-state index in [4.69, 9.17) is 12.2 Å². The third-order valence-electron chi connectivity index (χ3n) is 2.45. The standard InChI is InChI=1S/C11H7BrN2O3S2/c1-13-10(15)9(19-11(13)18)5-6-2-3-7(12)8(4-6)14(16)17/h2-5H,1H3. The number of amides is 1. The van der Waals surface area contributed by atoms with Crippen LogP contribution in [0.2, 0.25) is 0 Å². The number of nitro benzene ring substituents is 1. The quantitative estimate of drug-likeness (QED) is 0.351. The maximum absolute atomic E-state index is 11.8. The van der Waals surface area contributed by atoms with Crippen LogP contribution >= 0.6 is 39.9 Å². The molecular weight excluding hydrogens is 352 g/mol. The zero-order valence-electron chi connectivity index (χ0n) is 9.62. The zero-order chi connectivity index (χ0) is 14.2. The molecule has 0 unspecified atom stereocenters. The van der Waals surface area contributed by atoms with Gasteiger partial charge in [0.2, 0.25) is 0 Å². The maximum atomic E-state index is 11.8. The van der Waals surface area contributed by atoms with Gasteiger partial charge in [-0.05, 0) is 33.6 Å². The number of rotatable bonds is 2. The van der Waals surface area contributed by atoms with E-state index in [-0.39, 0.29) is 11.6 Å². The van der Waals surface area contributed by atoms with Gasteiger partial charge in [-0.15, -0.1) is 0 Å². The molecule has 1 aromatic carbocycles. The Morgan fingerprint density at radius 3 is 2.74 bits per heavy atom. The summed E-state index contributed by atoms with van der Waals surface area (Å²) in [5, 5.41) is 10.8. The fourth-order valence-electron chi connectivity index (χ4n) is 1.46. The van der Waals surface area contributed by atoms with E-state index >= 15 is 0 Å². The van der Waals surface area contributed by atoms with Crippen LogP contribution in [0.5, 0.6) is 0 Å². The van der Waals surface area contributed by atoms with E-state index in [1.54, 1.807) is 25.3 Å². The molecule has 1 amide bonds. The highest BCUT2D eigenvalue weighted by molar-refractivity contribution is 9.10. The van der Waals surface area contributed by atoms with Crippen molar-refractivity contribution in [2.45, 2.75) is 0 Å². The van der Waals surface area contributed by atoms with Crippen LogP contribution in [0.1, 0.15) is 5.56 Å². The summed E-state index contributed by atoms with van der Waals surface area (Å²) < 4.78 is 0.876. The van der Waals surface area contributed by atoms with Crippen molar-refractivity contribution in [2.24, 2.45) is 0 Å². The van der Waals surface area contributed by atoms with Gasteiger partial charge in [0, 0.05) is 13.1 Å². The number of hydrogen-bond donors (Lipinski definition) is 0. The van der Waals surface area contributed by atoms with Gasteiger partial charge < -0.3 is 0 Å². The number of hydrogen-bond acceptors (Lipinski definition) is 5. The van der Waals surface area contributed by atoms with Crippen molar-refractivity contribution in [3.05, 3.63) is 43.3 Å². The first-order valence-electron chi connectivity index (χ1n) is 5.05. The molecule has 1 aliphatic rings. The van der Waals surface area contributed by atoms with Crippen LogP contribution in [0.15, 0.2) is 27.6 Å². The SMILES string of the molecule is CN1C(=O)C(=Cc2ccc(Br)c([N+](=O)[O-])c2)SC1=S. The average Bonchev–Trinajstić information content (AvgIpc) is 2.59. The first-order valence-corrected chi connectivity index (χ1v) is 7.07. The molecule has 0 aromatic heterocycles. The molecular formula is C11H7BrN2O3S2. The number of nitrogens with zero attached hydrogens (tertiary/aromatic N) is 2. The highest BCUT2D eigenvalue weighted by Crippen LogP contribution is 2.33. The van der Waals surface area contributed by atoms with Gasteiger partial charge in [-0.3, -0.25) is 19.8 Å². The normalized spacial score (nSPS) is 17.4. The van der Waals surface area contributed by atoms with Gasteiger partial charge in [0.25, 0.3) is 11.6 Å². The molecule has 0 radical (unpaired) electrons. The topological polar surface area (TPSA) is 63.5 Å². The molecule has 0 saturated carbocycles. The lowest BCUT2D eigenvalue weighted by atomic mass is 10.2. The van der Waals surface area contributed by atoms with Crippen LogP contribution in [0.25, 0.3) is 6.08 Å². The highest BCUT2D eigenvalue weighted by Gasteiger charge is 2.28. The molecule has 0 spiro atoms. The third-order valence-corrected chi connectivity index (χ3v) is 4.61. The maximum Gasteiger partial charge on any atom is 0.284 e. The lowest BCUT2D eigenvalue weighted by molar-refractivity contribution is -0.385. The second kappa shape index (κ2) is 5.40. The van der Waals surface area contributed by atoms with E-state index in [1.807, 2.05) is 0 Å². The Labute approximate surface area is 126 Å². The molecule has 1 fully saturated rings. The number of carbonyl (C=O) groups excluding carboxylic acids is 1. The van der Waals surface area contributed by atoms with Crippen molar-refractivity contribution < 1.29 is 9.72 Å². The van der Waals surface area contributed by atoms with Gasteiger partial charge in [0.05, 0.1) is 14.3 Å². The molecule has 1 saturated heterocycles. The Balaban J connectivity index is 2.39. The van der Waals surface area contributed by atoms with E-state index in [0.29, 0.717) is 19.3 Å². The summed E-state index contributed by atoms with van der Waals surface area (Å²) in [7, 11) is 1.60. The van der Waals surface area contributed by atoms with Crippen molar-refractivity contribution in [3.63, 3.8) is 0 Å². The first kappa shape index (κ1) is 14.2. The predicted octanol–water partition coefficient (Wildman–Crippen LogP) is 3.19. The van der Waals surface area contributed by atoms with Gasteiger partial charge in [0.1, 0.15) is 4.32 Å². The largest absolute Gasteiger partial charge is 0.296 e. The second-order valence-electron chi connectivity index (χ2n) is 3.71. The van der Waals surface area contributed by atoms with E-state index in [0.717, 1.165) is 0 Å². The van der Waals surface area contributed by atoms with Crippen molar-refractivity contribution >= 4 is 61.9 Å². The van der Waals surface area contributed by atoms with Crippen LogP contribution in [0, 0.1) is 10.1 Å². The Kier molecular flexibility index (Phi) is 4.02. The molecule has 0 atom stereocenters. The number of carbonyl (C=O) groups is 1. The Morgan fingerprint density at radius 1 is 1.53 bits per heavy atom. The van der Waals surface area contributed by atoms with E-state index in [9.17, 15) is 14.9 Å². The van der Waals surface area contributed by atoms with Crippen molar-refractivity contribution in [1.82, 2.24) is 4.90 Å². The molecule has 98 valence electrons. The minimum atomic E-state index is -0.480. The van der Waals surface area contributed by atoms with Gasteiger partial charge >= 0.3 is 0 Å². The van der Waals surface area contributed by atoms with Crippen LogP contribution < -0.4 is 0 Å². The number of halogens is 1. The molecule has 2 rings (SSSR count). The molecule has 1 heterocycles. The highest BCUT2D eigenvalue weighted by atomic mass is 79.9. The summed E-state index contributed by atoms with van der Waals surface area (Å²) in [5.74, 6) is -0.194. The summed E-state index contributed by atoms with van der Waals surface area (Å²) in [4.78, 5) is 24.0. The smallest absolute Gasteiger partial charge is 0.284 e. The van der Waals surface area contributed by atoms with Gasteiger partial charge in [0.15, 0.2) is 0 Å². The molecule has 0 bridgehead atoms. The molecule has 19 heavy (non-hydrogen) atoms. The first-order chi connectivity index (χ1) is 8.90. The van der Waals surface area contributed by atoms with Gasteiger partial charge in [-0.2, -0.15) is 0 Å². The fourth-order valence-corrected chi connectivity index (χ4v) is 3.03. The lowest BCUT2D eigenvalue weighted by Crippen LogP contribution is -2.22. The number of likely N-dealkylation sites (N-methyl/N-ethyl adjacent to an activating group) is 1. The Bertz CT molecular complexity index is 630. The van der Waals surface area contributed by atoms with E-state index in [1.165, 1.54) is 22.7 Å². The summed E-state index contributed by atoms with van der Waals surface area (Å²) in [6.45, 7) is 0. The minimum Gasteiger partial charge on any atom is -0.296 e. The van der Waals surface area contributed by atoms with Gasteiger partial charge in [-0.25, -0.2) is 0 Å². The molecule has 0 N–H and O–H groups in total. The summed E-state index contributed by atoms with van der Waals surface area (Å²) >= 11 is 9.31. The van der Waals surface area contributed by atoms with Crippen LogP contribution in [0.4, 0.5) is 5.69 Å². The van der Waals surface area contributed by atoms with Crippen molar-refractivity contribution in [2.75, 3.05) is 7.05 Å². The Morgan fingerprint density at radius 2 is 2.21 bits per heavy atom. The van der Waals surface area contributed by atoms with Crippen molar-refractivity contribution in [3.8, 4) is 0 Å². The minimum absolute atomic E-state index is 0.0410. The summed E-state index contributed by atoms with van der Waals surface area (Å²) in [5.41, 5.74) is 0.546. The molecule has 5 nitrogen and oxygen atoms in total. The average molecular weight is 359 g/mol. The molecule has 0 aliphatic carbocycles. The molecule has 1 aliphatic heterocycles. The number of nitro groups is 1. The second-order valence-corrected chi connectivity index (χ2v) is 6.24. The fraction of sp³-hybridized carbons (Fsp3) is 0.0909. The monoisotopic (exact) mass is 358 g/mol. The van der Waals surface area contributed by atoms with E-state index in [2.05, 4.69) is 15.9 Å². The number of benzene rings is 1. The molecule has 1 aromatic rings. The summed E-state index contributed by atoms with van der Waals surface area (Å²) in [6, 6.07) is 4.68. The third kappa shape index (κ3) is 2.85. The number of thiocarbonyl (C=S) groups is 1. The van der Waals surface area contributed by atoms with Gasteiger partial charge in [-0.1, -0.05) is 30.0 Å². The van der Waals surface area contributed by atoms with E-state index < -0.39 is 4.92 Å². The van der Waals surface area contributed by atoms with Crippen LogP contribution in [-0.4, -0.2) is 27.1 Å². The Hall–Kier alpha value is -1.25. The predicted molar refractivity (Wildman–Crippen MR) is 81.7 cm³/mol. The van der Waals surface area contributed by atoms with Crippen molar-refractivity contribution in [1.29, 1.82) is 0 Å². The van der Waals surface area contributed by atoms with Crippen LogP contribution in [-0.2, 0) is 4.79 Å². The molecule has 8 heteroatoms.